The first-order valence-corrected chi connectivity index (χ1v) is 9.72. The van der Waals surface area contributed by atoms with Crippen LogP contribution in [0.4, 0.5) is 0 Å². The maximum absolute atomic E-state index is 5.68. The standard InChI is InChI=1S/C24H28N2O/c1-23(2)11-12-24(3,4)20-13-18(9-10-19(20)23)21-14-22(27-26-21)17-7-5-16(15-25)6-8-17/h5-10,13-14H,11-12,15,25H2,1-4H3. The third-order valence-electron chi connectivity index (χ3n) is 6.13. The highest BCUT2D eigenvalue weighted by Gasteiger charge is 2.37. The fraction of sp³-hybridized carbons (Fsp3) is 0.375. The van der Waals surface area contributed by atoms with Crippen LogP contribution in [0, 0.1) is 0 Å². The van der Waals surface area contributed by atoms with Crippen LogP contribution < -0.4 is 5.73 Å². The van der Waals surface area contributed by atoms with Gasteiger partial charge in [0, 0.05) is 23.7 Å². The second-order valence-electron chi connectivity index (χ2n) is 9.01. The lowest BCUT2D eigenvalue weighted by atomic mass is 9.63. The summed E-state index contributed by atoms with van der Waals surface area (Å²) in [6.07, 6.45) is 2.42. The van der Waals surface area contributed by atoms with Crippen molar-refractivity contribution in [2.24, 2.45) is 5.73 Å². The average Bonchev–Trinajstić information content (AvgIpc) is 3.15. The molecule has 0 radical (unpaired) electrons. The topological polar surface area (TPSA) is 52.0 Å². The van der Waals surface area contributed by atoms with E-state index in [1.165, 1.54) is 24.0 Å². The molecule has 0 unspecified atom stereocenters. The Hall–Kier alpha value is -2.39. The first-order chi connectivity index (χ1) is 12.8. The lowest BCUT2D eigenvalue weighted by molar-refractivity contribution is 0.332. The van der Waals surface area contributed by atoms with Gasteiger partial charge in [-0.1, -0.05) is 69.2 Å². The molecule has 0 saturated carbocycles. The Balaban J connectivity index is 1.72. The number of fused-ring (bicyclic) bond motifs is 1. The molecule has 3 nitrogen and oxygen atoms in total. The van der Waals surface area contributed by atoms with Crippen LogP contribution in [0.3, 0.4) is 0 Å². The molecule has 27 heavy (non-hydrogen) atoms. The van der Waals surface area contributed by atoms with Crippen molar-refractivity contribution >= 4 is 0 Å². The van der Waals surface area contributed by atoms with Gasteiger partial charge in [0.15, 0.2) is 5.76 Å². The summed E-state index contributed by atoms with van der Waals surface area (Å²) in [6.45, 7) is 9.93. The molecule has 2 aromatic carbocycles. The largest absolute Gasteiger partial charge is 0.356 e. The Morgan fingerprint density at radius 1 is 0.852 bits per heavy atom. The molecule has 1 aliphatic carbocycles. The first-order valence-electron chi connectivity index (χ1n) is 9.72. The van der Waals surface area contributed by atoms with Gasteiger partial charge in [0.25, 0.3) is 0 Å². The second-order valence-corrected chi connectivity index (χ2v) is 9.01. The van der Waals surface area contributed by atoms with Gasteiger partial charge in [-0.3, -0.25) is 0 Å². The van der Waals surface area contributed by atoms with Gasteiger partial charge in [-0.2, -0.15) is 0 Å². The normalized spacial score (nSPS) is 17.5. The van der Waals surface area contributed by atoms with Crippen molar-refractivity contribution < 1.29 is 4.52 Å². The fourth-order valence-corrected chi connectivity index (χ4v) is 4.10. The Morgan fingerprint density at radius 2 is 1.48 bits per heavy atom. The lowest BCUT2D eigenvalue weighted by Crippen LogP contribution is -2.33. The highest BCUT2D eigenvalue weighted by atomic mass is 16.5. The van der Waals surface area contributed by atoms with Crippen molar-refractivity contribution in [1.29, 1.82) is 0 Å². The minimum Gasteiger partial charge on any atom is -0.356 e. The summed E-state index contributed by atoms with van der Waals surface area (Å²) in [7, 11) is 0. The van der Waals surface area contributed by atoms with E-state index in [4.69, 9.17) is 10.3 Å². The monoisotopic (exact) mass is 360 g/mol. The molecule has 2 N–H and O–H groups in total. The van der Waals surface area contributed by atoms with Gasteiger partial charge in [0.05, 0.1) is 0 Å². The molecule has 0 aliphatic heterocycles. The molecule has 1 aliphatic rings. The number of nitrogens with two attached hydrogens (primary N) is 1. The van der Waals surface area contributed by atoms with Crippen molar-refractivity contribution in [2.45, 2.75) is 57.9 Å². The zero-order valence-electron chi connectivity index (χ0n) is 16.7. The molecule has 4 rings (SSSR count). The van der Waals surface area contributed by atoms with Crippen molar-refractivity contribution in [2.75, 3.05) is 0 Å². The maximum atomic E-state index is 5.68. The van der Waals surface area contributed by atoms with Crippen LogP contribution >= 0.6 is 0 Å². The predicted octanol–water partition coefficient (Wildman–Crippen LogP) is 5.82. The van der Waals surface area contributed by atoms with E-state index in [0.29, 0.717) is 6.54 Å². The van der Waals surface area contributed by atoms with Crippen LogP contribution in [-0.2, 0) is 17.4 Å². The van der Waals surface area contributed by atoms with E-state index < -0.39 is 0 Å². The molecule has 0 fully saturated rings. The molecular formula is C24H28N2O. The summed E-state index contributed by atoms with van der Waals surface area (Å²) in [5, 5.41) is 4.34. The van der Waals surface area contributed by atoms with Crippen LogP contribution in [0.5, 0.6) is 0 Å². The number of aromatic nitrogens is 1. The molecule has 1 heterocycles. The van der Waals surface area contributed by atoms with Crippen molar-refractivity contribution in [1.82, 2.24) is 5.16 Å². The van der Waals surface area contributed by atoms with Crippen LogP contribution in [-0.4, -0.2) is 5.16 Å². The second kappa shape index (κ2) is 6.35. The summed E-state index contributed by atoms with van der Waals surface area (Å²) in [6, 6.07) is 16.9. The zero-order valence-corrected chi connectivity index (χ0v) is 16.7. The lowest BCUT2D eigenvalue weighted by Gasteiger charge is -2.42. The molecule has 3 aromatic rings. The predicted molar refractivity (Wildman–Crippen MR) is 111 cm³/mol. The van der Waals surface area contributed by atoms with E-state index in [1.54, 1.807) is 0 Å². The zero-order chi connectivity index (χ0) is 19.2. The molecule has 140 valence electrons. The molecule has 0 saturated heterocycles. The Labute approximate surface area is 161 Å². The summed E-state index contributed by atoms with van der Waals surface area (Å²) in [4.78, 5) is 0. The Morgan fingerprint density at radius 3 is 2.15 bits per heavy atom. The quantitative estimate of drug-likeness (QED) is 0.640. The molecule has 3 heteroatoms. The van der Waals surface area contributed by atoms with Crippen molar-refractivity contribution in [3.63, 3.8) is 0 Å². The van der Waals surface area contributed by atoms with Gasteiger partial charge >= 0.3 is 0 Å². The van der Waals surface area contributed by atoms with Crippen molar-refractivity contribution in [3.05, 3.63) is 65.2 Å². The molecule has 0 bridgehead atoms. The highest BCUT2D eigenvalue weighted by molar-refractivity contribution is 5.68. The summed E-state index contributed by atoms with van der Waals surface area (Å²) in [5.41, 5.74) is 13.1. The van der Waals surface area contributed by atoms with Gasteiger partial charge in [0.2, 0.25) is 0 Å². The van der Waals surface area contributed by atoms with Gasteiger partial charge in [-0.05, 0) is 46.4 Å². The van der Waals surface area contributed by atoms with E-state index in [-0.39, 0.29) is 10.8 Å². The van der Waals surface area contributed by atoms with E-state index in [9.17, 15) is 0 Å². The molecule has 0 atom stereocenters. The number of benzene rings is 2. The number of hydrogen-bond acceptors (Lipinski definition) is 3. The van der Waals surface area contributed by atoms with E-state index in [1.807, 2.05) is 30.3 Å². The van der Waals surface area contributed by atoms with Gasteiger partial charge in [-0.15, -0.1) is 0 Å². The first kappa shape index (κ1) is 18.0. The van der Waals surface area contributed by atoms with Gasteiger partial charge in [-0.25, -0.2) is 0 Å². The maximum Gasteiger partial charge on any atom is 0.167 e. The minimum absolute atomic E-state index is 0.186. The summed E-state index contributed by atoms with van der Waals surface area (Å²) >= 11 is 0. The van der Waals surface area contributed by atoms with Crippen LogP contribution in [0.15, 0.2) is 53.1 Å². The summed E-state index contributed by atoms with van der Waals surface area (Å²) in [5.74, 6) is 0.783. The van der Waals surface area contributed by atoms with Crippen LogP contribution in [0.1, 0.15) is 57.2 Å². The smallest absolute Gasteiger partial charge is 0.167 e. The molecule has 0 spiro atoms. The van der Waals surface area contributed by atoms with E-state index in [2.05, 4.69) is 51.1 Å². The minimum atomic E-state index is 0.186. The number of rotatable bonds is 3. The molecule has 1 aromatic heterocycles. The third-order valence-corrected chi connectivity index (χ3v) is 6.13. The SMILES string of the molecule is CC1(C)CCC(C)(C)c2cc(-c3cc(-c4ccc(CN)cc4)on3)ccc21. The Kier molecular flexibility index (Phi) is 4.23. The molecular weight excluding hydrogens is 332 g/mol. The van der Waals surface area contributed by atoms with Crippen molar-refractivity contribution in [3.8, 4) is 22.6 Å². The number of hydrogen-bond donors (Lipinski definition) is 1. The third kappa shape index (κ3) is 3.21. The average molecular weight is 361 g/mol. The Bertz CT molecular complexity index is 964. The summed E-state index contributed by atoms with van der Waals surface area (Å²) < 4.78 is 5.63. The van der Waals surface area contributed by atoms with Gasteiger partial charge in [0.1, 0.15) is 5.69 Å². The van der Waals surface area contributed by atoms with Crippen LogP contribution in [0.25, 0.3) is 22.6 Å². The number of nitrogens with zero attached hydrogens (tertiary/aromatic N) is 1. The van der Waals surface area contributed by atoms with Gasteiger partial charge < -0.3 is 10.3 Å². The fourth-order valence-electron chi connectivity index (χ4n) is 4.10. The van der Waals surface area contributed by atoms with E-state index >= 15 is 0 Å². The van der Waals surface area contributed by atoms with E-state index in [0.717, 1.165) is 28.1 Å². The molecule has 0 amide bonds. The highest BCUT2D eigenvalue weighted by Crippen LogP contribution is 2.46. The van der Waals surface area contributed by atoms with Crippen LogP contribution in [0.2, 0.25) is 0 Å².